The Morgan fingerprint density at radius 2 is 1.81 bits per heavy atom. The third-order valence-electron chi connectivity index (χ3n) is 4.34. The molecule has 0 bridgehead atoms. The molecule has 0 aliphatic heterocycles. The third kappa shape index (κ3) is 2.96. The first kappa shape index (κ1) is 17.7. The van der Waals surface area contributed by atoms with Gasteiger partial charge in [0.2, 0.25) is 0 Å². The SMILES string of the molecule is CCOC(=O)C1=C(c2ccccc2)c2ccc(OC)cc2C1=[N+](O)CC. The molecule has 0 spiro atoms. The molecule has 134 valence electrons. The average Bonchev–Trinajstić information content (AvgIpc) is 3.02. The minimum Gasteiger partial charge on any atom is -0.497 e. The Bertz CT molecular complexity index is 897. The first-order valence-electron chi connectivity index (χ1n) is 8.61. The zero-order valence-corrected chi connectivity index (χ0v) is 15.2. The van der Waals surface area contributed by atoms with Crippen molar-refractivity contribution in [3.63, 3.8) is 0 Å². The highest BCUT2D eigenvalue weighted by atomic mass is 16.5. The highest BCUT2D eigenvalue weighted by Crippen LogP contribution is 2.39. The number of rotatable bonds is 5. The van der Waals surface area contributed by atoms with Gasteiger partial charge in [0, 0.05) is 5.57 Å². The summed E-state index contributed by atoms with van der Waals surface area (Å²) in [5.41, 5.74) is 4.06. The lowest BCUT2D eigenvalue weighted by atomic mass is 9.97. The van der Waals surface area contributed by atoms with Crippen LogP contribution in [0.4, 0.5) is 0 Å². The second kappa shape index (κ2) is 7.44. The van der Waals surface area contributed by atoms with Crippen molar-refractivity contribution in [1.29, 1.82) is 0 Å². The summed E-state index contributed by atoms with van der Waals surface area (Å²) in [6.07, 6.45) is 0. The number of carbonyl (C=O) groups excluding carboxylic acids is 1. The first-order valence-corrected chi connectivity index (χ1v) is 8.61. The van der Waals surface area contributed by atoms with E-state index in [2.05, 4.69) is 0 Å². The van der Waals surface area contributed by atoms with Crippen molar-refractivity contribution in [3.8, 4) is 5.75 Å². The van der Waals surface area contributed by atoms with Crippen LogP contribution in [0.2, 0.25) is 0 Å². The van der Waals surface area contributed by atoms with Gasteiger partial charge in [-0.1, -0.05) is 30.3 Å². The Kier molecular flexibility index (Phi) is 5.07. The van der Waals surface area contributed by atoms with Gasteiger partial charge in [0.15, 0.2) is 6.54 Å². The van der Waals surface area contributed by atoms with Gasteiger partial charge in [0.1, 0.15) is 11.3 Å². The molecule has 5 nitrogen and oxygen atoms in total. The van der Waals surface area contributed by atoms with Gasteiger partial charge < -0.3 is 9.47 Å². The summed E-state index contributed by atoms with van der Waals surface area (Å²) in [6.45, 7) is 4.17. The molecule has 0 heterocycles. The number of methoxy groups -OCH3 is 1. The molecule has 3 rings (SSSR count). The molecule has 0 saturated heterocycles. The highest BCUT2D eigenvalue weighted by Gasteiger charge is 2.41. The third-order valence-corrected chi connectivity index (χ3v) is 4.34. The molecule has 2 aromatic carbocycles. The van der Waals surface area contributed by atoms with Gasteiger partial charge in [-0.2, -0.15) is 0 Å². The van der Waals surface area contributed by atoms with Gasteiger partial charge in [0.25, 0.3) is 5.71 Å². The van der Waals surface area contributed by atoms with Gasteiger partial charge in [0.05, 0.1) is 19.3 Å². The Hall–Kier alpha value is -3.08. The predicted molar refractivity (Wildman–Crippen MR) is 98.8 cm³/mol. The lowest BCUT2D eigenvalue weighted by Gasteiger charge is -2.08. The van der Waals surface area contributed by atoms with Crippen LogP contribution in [0.25, 0.3) is 5.57 Å². The van der Waals surface area contributed by atoms with Crippen LogP contribution < -0.4 is 4.74 Å². The van der Waals surface area contributed by atoms with Crippen LogP contribution in [-0.4, -0.2) is 41.9 Å². The van der Waals surface area contributed by atoms with Crippen molar-refractivity contribution in [1.82, 2.24) is 0 Å². The molecule has 5 heteroatoms. The number of ether oxygens (including phenoxy) is 2. The fourth-order valence-electron chi connectivity index (χ4n) is 3.18. The fourth-order valence-corrected chi connectivity index (χ4v) is 3.18. The molecule has 0 aromatic heterocycles. The molecule has 26 heavy (non-hydrogen) atoms. The summed E-state index contributed by atoms with van der Waals surface area (Å²) in [4.78, 5) is 12.8. The molecule has 0 amide bonds. The lowest BCUT2D eigenvalue weighted by molar-refractivity contribution is -0.771. The number of esters is 1. The molecule has 0 saturated carbocycles. The van der Waals surface area contributed by atoms with E-state index in [1.54, 1.807) is 14.0 Å². The predicted octanol–water partition coefficient (Wildman–Crippen LogP) is 3.28. The van der Waals surface area contributed by atoms with E-state index in [1.165, 1.54) is 0 Å². The molecular weight excluding hydrogens is 330 g/mol. The second-order valence-electron chi connectivity index (χ2n) is 5.81. The molecular formula is C21H22NO4+. The number of carbonyl (C=O) groups is 1. The Balaban J connectivity index is 2.36. The number of nitrogens with zero attached hydrogens (tertiary/aromatic N) is 1. The van der Waals surface area contributed by atoms with Gasteiger partial charge in [-0.05, 0) is 47.9 Å². The topological polar surface area (TPSA) is 58.8 Å². The lowest BCUT2D eigenvalue weighted by Crippen LogP contribution is -2.24. The summed E-state index contributed by atoms with van der Waals surface area (Å²) >= 11 is 0. The minimum absolute atomic E-state index is 0.259. The minimum atomic E-state index is -0.455. The summed E-state index contributed by atoms with van der Waals surface area (Å²) in [6, 6.07) is 15.2. The Morgan fingerprint density at radius 3 is 2.42 bits per heavy atom. The van der Waals surface area contributed by atoms with Crippen molar-refractivity contribution >= 4 is 17.3 Å². The van der Waals surface area contributed by atoms with E-state index in [-0.39, 0.29) is 6.61 Å². The largest absolute Gasteiger partial charge is 0.497 e. The van der Waals surface area contributed by atoms with Crippen LogP contribution in [0.15, 0.2) is 54.1 Å². The Morgan fingerprint density at radius 1 is 1.08 bits per heavy atom. The van der Waals surface area contributed by atoms with E-state index >= 15 is 0 Å². The van der Waals surface area contributed by atoms with E-state index in [1.807, 2.05) is 55.5 Å². The van der Waals surface area contributed by atoms with Gasteiger partial charge in [-0.3, -0.25) is 5.21 Å². The second-order valence-corrected chi connectivity index (χ2v) is 5.81. The van der Waals surface area contributed by atoms with Crippen LogP contribution in [0.1, 0.15) is 30.5 Å². The number of fused-ring (bicyclic) bond motifs is 1. The zero-order valence-electron chi connectivity index (χ0n) is 15.2. The van der Waals surface area contributed by atoms with E-state index in [4.69, 9.17) is 9.47 Å². The summed E-state index contributed by atoms with van der Waals surface area (Å²) in [5.74, 6) is 0.201. The monoisotopic (exact) mass is 352 g/mol. The average molecular weight is 352 g/mol. The molecule has 1 aliphatic rings. The maximum absolute atomic E-state index is 12.8. The van der Waals surface area contributed by atoms with Gasteiger partial charge in [-0.15, -0.1) is 0 Å². The summed E-state index contributed by atoms with van der Waals surface area (Å²) in [5, 5.41) is 10.5. The van der Waals surface area contributed by atoms with Crippen LogP contribution >= 0.6 is 0 Å². The molecule has 2 aromatic rings. The van der Waals surface area contributed by atoms with E-state index in [0.29, 0.717) is 23.6 Å². The van der Waals surface area contributed by atoms with Crippen molar-refractivity contribution in [2.75, 3.05) is 20.3 Å². The highest BCUT2D eigenvalue weighted by molar-refractivity contribution is 6.35. The quantitative estimate of drug-likeness (QED) is 0.388. The molecule has 0 fully saturated rings. The summed E-state index contributed by atoms with van der Waals surface area (Å²) < 4.78 is 11.7. The molecule has 0 radical (unpaired) electrons. The van der Waals surface area contributed by atoms with E-state index < -0.39 is 5.97 Å². The zero-order chi connectivity index (χ0) is 18.7. The van der Waals surface area contributed by atoms with Crippen LogP contribution in [0, 0.1) is 0 Å². The molecule has 1 N–H and O–H groups in total. The Labute approximate surface area is 152 Å². The van der Waals surface area contributed by atoms with Gasteiger partial charge in [-0.25, -0.2) is 4.79 Å². The van der Waals surface area contributed by atoms with Crippen LogP contribution in [0.3, 0.4) is 0 Å². The first-order chi connectivity index (χ1) is 12.6. The molecule has 1 aliphatic carbocycles. The molecule has 0 unspecified atom stereocenters. The maximum Gasteiger partial charge on any atom is 0.345 e. The van der Waals surface area contributed by atoms with Crippen molar-refractivity contribution in [2.45, 2.75) is 13.8 Å². The number of hydroxylamine groups is 1. The standard InChI is InChI=1S/C21H22NO4/c1-4-22(24)20-17-13-15(25-3)11-12-16(17)18(14-9-7-6-8-10-14)19(20)21(23)26-5-2/h6-13,24H,4-5H2,1-3H3/q+1. The van der Waals surface area contributed by atoms with E-state index in [9.17, 15) is 10.0 Å². The molecule has 0 atom stereocenters. The smallest absolute Gasteiger partial charge is 0.345 e. The normalized spacial score (nSPS) is 14.9. The summed E-state index contributed by atoms with van der Waals surface area (Å²) in [7, 11) is 1.59. The van der Waals surface area contributed by atoms with Crippen molar-refractivity contribution in [2.24, 2.45) is 0 Å². The van der Waals surface area contributed by atoms with Crippen molar-refractivity contribution in [3.05, 3.63) is 70.8 Å². The maximum atomic E-state index is 12.8. The van der Waals surface area contributed by atoms with Gasteiger partial charge >= 0.3 is 5.97 Å². The number of hydrogen-bond donors (Lipinski definition) is 1. The fraction of sp³-hybridized carbons (Fsp3) is 0.238. The number of benzene rings is 2. The van der Waals surface area contributed by atoms with E-state index in [0.717, 1.165) is 27.0 Å². The van der Waals surface area contributed by atoms with Crippen LogP contribution in [-0.2, 0) is 9.53 Å². The van der Waals surface area contributed by atoms with Crippen molar-refractivity contribution < 1.29 is 24.2 Å². The number of hydrogen-bond acceptors (Lipinski definition) is 4. The van der Waals surface area contributed by atoms with Crippen LogP contribution in [0.5, 0.6) is 5.75 Å².